The van der Waals surface area contributed by atoms with E-state index < -0.39 is 0 Å². The summed E-state index contributed by atoms with van der Waals surface area (Å²) >= 11 is 0. The van der Waals surface area contributed by atoms with Crippen molar-refractivity contribution in [3.63, 3.8) is 0 Å². The van der Waals surface area contributed by atoms with E-state index in [2.05, 4.69) is 35.0 Å². The summed E-state index contributed by atoms with van der Waals surface area (Å²) in [5, 5.41) is 4.85. The van der Waals surface area contributed by atoms with Gasteiger partial charge in [-0.05, 0) is 24.6 Å². The number of pyridine rings is 1. The van der Waals surface area contributed by atoms with Crippen molar-refractivity contribution >= 4 is 11.6 Å². The maximum atomic E-state index is 13.6. The number of nitrogens with zero attached hydrogens (tertiary/aromatic N) is 4. The Morgan fingerprint density at radius 2 is 1.53 bits per heavy atom. The fourth-order valence-electron chi connectivity index (χ4n) is 4.21. The van der Waals surface area contributed by atoms with E-state index in [1.54, 1.807) is 0 Å². The number of aryl methyl sites for hydroxylation is 1. The van der Waals surface area contributed by atoms with Gasteiger partial charge in [0.25, 0.3) is 5.91 Å². The number of rotatable bonds is 4. The smallest absolute Gasteiger partial charge is 0.257 e. The zero-order valence-corrected chi connectivity index (χ0v) is 18.1. The number of hydrogen-bond donors (Lipinski definition) is 0. The Hall–Kier alpha value is -3.93. The maximum Gasteiger partial charge on any atom is 0.257 e. The van der Waals surface area contributed by atoms with Crippen LogP contribution in [0.5, 0.6) is 0 Å². The minimum absolute atomic E-state index is 0.0338. The molecule has 4 aromatic rings. The second-order valence-electron chi connectivity index (χ2n) is 8.02. The Morgan fingerprint density at radius 1 is 0.844 bits per heavy atom. The first-order valence-corrected chi connectivity index (χ1v) is 10.9. The van der Waals surface area contributed by atoms with Gasteiger partial charge in [0.05, 0.1) is 11.3 Å². The van der Waals surface area contributed by atoms with Crippen molar-refractivity contribution < 1.29 is 9.78 Å². The molecule has 32 heavy (non-hydrogen) atoms. The molecule has 0 bridgehead atoms. The molecule has 1 N–H and O–H groups in total. The van der Waals surface area contributed by atoms with Crippen molar-refractivity contribution in [2.75, 3.05) is 31.1 Å². The van der Waals surface area contributed by atoms with E-state index in [9.17, 15) is 4.79 Å². The number of piperazine rings is 1. The van der Waals surface area contributed by atoms with Crippen LogP contribution in [0, 0.1) is 6.92 Å². The van der Waals surface area contributed by atoms with Crippen molar-refractivity contribution in [2.45, 2.75) is 6.92 Å². The van der Waals surface area contributed by atoms with Gasteiger partial charge in [-0.15, -0.1) is 0 Å². The van der Waals surface area contributed by atoms with Gasteiger partial charge in [0, 0.05) is 55.8 Å². The van der Waals surface area contributed by atoms with Crippen molar-refractivity contribution in [1.82, 2.24) is 14.7 Å². The average Bonchev–Trinajstić information content (AvgIpc) is 3.30. The van der Waals surface area contributed by atoms with Crippen molar-refractivity contribution in [2.24, 2.45) is 0 Å². The van der Waals surface area contributed by atoms with E-state index in [1.807, 2.05) is 76.7 Å². The Kier molecular flexibility index (Phi) is 5.42. The van der Waals surface area contributed by atoms with Crippen LogP contribution in [0.25, 0.3) is 16.9 Å². The van der Waals surface area contributed by atoms with Gasteiger partial charge in [0.2, 0.25) is 0 Å². The van der Waals surface area contributed by atoms with Crippen LogP contribution in [0.15, 0.2) is 85.3 Å². The molecule has 1 fully saturated rings. The molecule has 1 amide bonds. The predicted octanol–water partition coefficient (Wildman–Crippen LogP) is 3.62. The normalized spacial score (nSPS) is 13.9. The molecule has 0 radical (unpaired) electrons. The SMILES string of the molecule is Cc1ccccc1-c1nn(-c2ccccc2)cc1C(=O)N1CCN(c2cc[nH+]cc2)CC1. The highest BCUT2D eigenvalue weighted by atomic mass is 16.2. The summed E-state index contributed by atoms with van der Waals surface area (Å²) in [7, 11) is 0. The monoisotopic (exact) mass is 424 g/mol. The number of H-pyrrole nitrogens is 1. The van der Waals surface area contributed by atoms with Crippen LogP contribution in [-0.4, -0.2) is 46.8 Å². The van der Waals surface area contributed by atoms with Gasteiger partial charge in [-0.1, -0.05) is 42.5 Å². The fraction of sp³-hybridized carbons (Fsp3) is 0.192. The summed E-state index contributed by atoms with van der Waals surface area (Å²) in [4.78, 5) is 21.0. The second-order valence-corrected chi connectivity index (χ2v) is 8.02. The number of nitrogens with one attached hydrogen (secondary N) is 1. The summed E-state index contributed by atoms with van der Waals surface area (Å²) in [6.07, 6.45) is 5.73. The molecular weight excluding hydrogens is 398 g/mol. The molecule has 160 valence electrons. The Bertz CT molecular complexity index is 1210. The molecule has 0 saturated carbocycles. The van der Waals surface area contributed by atoms with Crippen molar-refractivity contribution in [3.05, 3.63) is 96.4 Å². The number of aromatic nitrogens is 3. The Morgan fingerprint density at radius 3 is 2.25 bits per heavy atom. The second kappa shape index (κ2) is 8.67. The lowest BCUT2D eigenvalue weighted by atomic mass is 10.0. The van der Waals surface area contributed by atoms with E-state index >= 15 is 0 Å². The van der Waals surface area contributed by atoms with E-state index in [4.69, 9.17) is 5.10 Å². The lowest BCUT2D eigenvalue weighted by molar-refractivity contribution is -0.377. The minimum atomic E-state index is 0.0338. The molecule has 2 aromatic heterocycles. The molecule has 0 aliphatic carbocycles. The van der Waals surface area contributed by atoms with Crippen LogP contribution >= 0.6 is 0 Å². The average molecular weight is 425 g/mol. The lowest BCUT2D eigenvalue weighted by Gasteiger charge is -2.35. The highest BCUT2D eigenvalue weighted by molar-refractivity contribution is 6.00. The number of carbonyl (C=O) groups excluding carboxylic acids is 1. The standard InChI is InChI=1S/C26H25N5O/c1-20-7-5-6-10-23(20)25-24(19-31(28-25)22-8-3-2-4-9-22)26(32)30-17-15-29(16-18-30)21-11-13-27-14-12-21/h2-14,19H,15-18H2,1H3/p+1. The van der Waals surface area contributed by atoms with Gasteiger partial charge < -0.3 is 9.80 Å². The van der Waals surface area contributed by atoms with E-state index in [0.29, 0.717) is 18.7 Å². The van der Waals surface area contributed by atoms with Gasteiger partial charge in [-0.25, -0.2) is 9.67 Å². The third kappa shape index (κ3) is 3.87. The number of aromatic amines is 1. The summed E-state index contributed by atoms with van der Waals surface area (Å²) in [6.45, 7) is 5.04. The third-order valence-electron chi connectivity index (χ3n) is 6.00. The summed E-state index contributed by atoms with van der Waals surface area (Å²) in [5.74, 6) is 0.0338. The number of benzene rings is 2. The molecule has 0 spiro atoms. The molecular formula is C26H26N5O+. The molecule has 0 atom stereocenters. The number of carbonyl (C=O) groups is 1. The lowest BCUT2D eigenvalue weighted by Crippen LogP contribution is -2.48. The first kappa shape index (κ1) is 20.0. The van der Waals surface area contributed by atoms with Crippen LogP contribution < -0.4 is 9.88 Å². The highest BCUT2D eigenvalue weighted by Gasteiger charge is 2.27. The molecule has 1 aliphatic rings. The van der Waals surface area contributed by atoms with E-state index in [1.165, 1.54) is 5.69 Å². The molecule has 3 heterocycles. The number of para-hydroxylation sites is 1. The minimum Gasteiger partial charge on any atom is -0.368 e. The Balaban J connectivity index is 1.45. The zero-order chi connectivity index (χ0) is 21.9. The Labute approximate surface area is 187 Å². The van der Waals surface area contributed by atoms with Crippen LogP contribution in [0.4, 0.5) is 5.69 Å². The van der Waals surface area contributed by atoms with E-state index in [0.717, 1.165) is 35.6 Å². The summed E-state index contributed by atoms with van der Waals surface area (Å²) in [6, 6.07) is 22.2. The maximum absolute atomic E-state index is 13.6. The highest BCUT2D eigenvalue weighted by Crippen LogP contribution is 2.28. The zero-order valence-electron chi connectivity index (χ0n) is 18.1. The molecule has 6 nitrogen and oxygen atoms in total. The quantitative estimate of drug-likeness (QED) is 0.503. The van der Waals surface area contributed by atoms with Crippen LogP contribution in [0.3, 0.4) is 0 Å². The van der Waals surface area contributed by atoms with Crippen LogP contribution in [-0.2, 0) is 0 Å². The first-order valence-electron chi connectivity index (χ1n) is 10.9. The van der Waals surface area contributed by atoms with Crippen molar-refractivity contribution in [1.29, 1.82) is 0 Å². The van der Waals surface area contributed by atoms with Gasteiger partial charge in [-0.3, -0.25) is 4.79 Å². The van der Waals surface area contributed by atoms with Crippen LogP contribution in [0.2, 0.25) is 0 Å². The molecule has 2 aromatic carbocycles. The van der Waals surface area contributed by atoms with Gasteiger partial charge in [0.15, 0.2) is 12.4 Å². The summed E-state index contributed by atoms with van der Waals surface area (Å²) < 4.78 is 1.81. The third-order valence-corrected chi connectivity index (χ3v) is 6.00. The van der Waals surface area contributed by atoms with Gasteiger partial charge in [-0.2, -0.15) is 5.10 Å². The molecule has 6 heteroatoms. The molecule has 1 aliphatic heterocycles. The number of anilines is 1. The topological polar surface area (TPSA) is 55.5 Å². The molecule has 1 saturated heterocycles. The first-order chi connectivity index (χ1) is 15.7. The fourth-order valence-corrected chi connectivity index (χ4v) is 4.21. The molecule has 5 rings (SSSR count). The predicted molar refractivity (Wildman–Crippen MR) is 125 cm³/mol. The number of amides is 1. The summed E-state index contributed by atoms with van der Waals surface area (Å²) in [5.41, 5.74) is 5.58. The largest absolute Gasteiger partial charge is 0.368 e. The van der Waals surface area contributed by atoms with E-state index in [-0.39, 0.29) is 5.91 Å². The van der Waals surface area contributed by atoms with Gasteiger partial charge >= 0.3 is 0 Å². The van der Waals surface area contributed by atoms with Crippen LogP contribution in [0.1, 0.15) is 15.9 Å². The van der Waals surface area contributed by atoms with Gasteiger partial charge in [0.1, 0.15) is 5.69 Å². The molecule has 0 unspecified atom stereocenters. The number of hydrogen-bond acceptors (Lipinski definition) is 3. The van der Waals surface area contributed by atoms with Crippen molar-refractivity contribution in [3.8, 4) is 16.9 Å².